The Morgan fingerprint density at radius 3 is 2.55 bits per heavy atom. The number of benzene rings is 1. The Balaban J connectivity index is 1.78. The molecule has 0 fully saturated rings. The van der Waals surface area contributed by atoms with Gasteiger partial charge in [-0.1, -0.05) is 18.2 Å². The zero-order valence-electron chi connectivity index (χ0n) is 17.3. The first-order valence-electron chi connectivity index (χ1n) is 9.87. The maximum atomic E-state index is 12.6. The molecule has 2 heterocycles. The van der Waals surface area contributed by atoms with Crippen LogP contribution in [0.15, 0.2) is 35.2 Å². The number of hydrogen-bond acceptors (Lipinski definition) is 7. The number of carbonyl (C=O) groups is 3. The number of anilines is 1. The number of hydrogen-bond donors (Lipinski definition) is 1. The molecule has 1 N–H and O–H groups in total. The van der Waals surface area contributed by atoms with E-state index >= 15 is 0 Å². The third-order valence-corrected chi connectivity index (χ3v) is 7.80. The van der Waals surface area contributed by atoms with Crippen molar-refractivity contribution < 1.29 is 27.5 Å². The highest BCUT2D eigenvalue weighted by Crippen LogP contribution is 2.37. The molecule has 31 heavy (non-hydrogen) atoms. The van der Waals surface area contributed by atoms with Crippen LogP contribution >= 0.6 is 11.3 Å². The maximum absolute atomic E-state index is 12.6. The van der Waals surface area contributed by atoms with Crippen molar-refractivity contribution in [3.63, 3.8) is 0 Å². The van der Waals surface area contributed by atoms with E-state index < -0.39 is 21.7 Å². The van der Waals surface area contributed by atoms with E-state index in [2.05, 4.69) is 5.32 Å². The summed E-state index contributed by atoms with van der Waals surface area (Å²) in [5.74, 6) is -1.45. The van der Waals surface area contributed by atoms with Gasteiger partial charge in [-0.05, 0) is 31.0 Å². The summed E-state index contributed by atoms with van der Waals surface area (Å²) in [7, 11) is -3.60. The van der Waals surface area contributed by atoms with E-state index in [1.54, 1.807) is 30.0 Å². The van der Waals surface area contributed by atoms with Crippen LogP contribution in [-0.4, -0.2) is 50.0 Å². The van der Waals surface area contributed by atoms with Gasteiger partial charge < -0.3 is 15.0 Å². The van der Waals surface area contributed by atoms with Crippen LogP contribution in [-0.2, 0) is 37.1 Å². The first kappa shape index (κ1) is 23.0. The van der Waals surface area contributed by atoms with Gasteiger partial charge in [-0.3, -0.25) is 9.59 Å². The first-order valence-corrected chi connectivity index (χ1v) is 12.3. The van der Waals surface area contributed by atoms with Gasteiger partial charge in [0.05, 0.1) is 29.4 Å². The number of nitrogens with zero attached hydrogens (tertiary/aromatic N) is 1. The van der Waals surface area contributed by atoms with Crippen LogP contribution in [0, 0.1) is 0 Å². The Kier molecular flexibility index (Phi) is 7.11. The molecule has 0 saturated carbocycles. The van der Waals surface area contributed by atoms with Crippen molar-refractivity contribution in [3.8, 4) is 0 Å². The summed E-state index contributed by atoms with van der Waals surface area (Å²) in [6.07, 6.45) is 0.236. The van der Waals surface area contributed by atoms with Crippen molar-refractivity contribution in [1.82, 2.24) is 4.90 Å². The molecule has 2 aromatic rings. The van der Waals surface area contributed by atoms with Gasteiger partial charge in [0, 0.05) is 24.8 Å². The molecule has 2 amide bonds. The smallest absolute Gasteiger partial charge is 0.341 e. The Morgan fingerprint density at radius 2 is 1.90 bits per heavy atom. The molecule has 10 heteroatoms. The van der Waals surface area contributed by atoms with E-state index in [0.29, 0.717) is 30.1 Å². The molecule has 3 rings (SSSR count). The molecule has 0 aliphatic carbocycles. The Bertz CT molecular complexity index is 1090. The quantitative estimate of drug-likeness (QED) is 0.631. The number of esters is 1. The third kappa shape index (κ3) is 5.31. The van der Waals surface area contributed by atoms with Gasteiger partial charge in [-0.15, -0.1) is 11.3 Å². The monoisotopic (exact) mass is 464 g/mol. The Hall–Kier alpha value is -2.72. The summed E-state index contributed by atoms with van der Waals surface area (Å²) < 4.78 is 30.0. The van der Waals surface area contributed by atoms with Crippen LogP contribution in [0.2, 0.25) is 0 Å². The number of carbonyl (C=O) groups excluding carboxylic acids is 3. The molecule has 1 aliphatic heterocycles. The van der Waals surface area contributed by atoms with Crippen LogP contribution in [0.1, 0.15) is 41.1 Å². The number of sulfone groups is 1. The molecular weight excluding hydrogens is 440 g/mol. The van der Waals surface area contributed by atoms with Gasteiger partial charge in [-0.25, -0.2) is 13.2 Å². The summed E-state index contributed by atoms with van der Waals surface area (Å²) in [6, 6.07) is 7.94. The highest BCUT2D eigenvalue weighted by atomic mass is 32.2. The Morgan fingerprint density at radius 1 is 1.19 bits per heavy atom. The van der Waals surface area contributed by atoms with E-state index in [0.717, 1.165) is 10.4 Å². The lowest BCUT2D eigenvalue weighted by atomic mass is 10.0. The highest BCUT2D eigenvalue weighted by Gasteiger charge is 2.30. The fraction of sp³-hybridized carbons (Fsp3) is 0.381. The van der Waals surface area contributed by atoms with E-state index in [9.17, 15) is 22.8 Å². The molecular formula is C21H24N2O6S2. The average Bonchev–Trinajstić information content (AvgIpc) is 3.10. The number of rotatable bonds is 7. The van der Waals surface area contributed by atoms with Crippen LogP contribution in [0.25, 0.3) is 0 Å². The van der Waals surface area contributed by atoms with Crippen molar-refractivity contribution >= 4 is 44.0 Å². The van der Waals surface area contributed by atoms with Gasteiger partial charge in [0.15, 0.2) is 9.84 Å². The molecule has 1 aromatic heterocycles. The van der Waals surface area contributed by atoms with Crippen molar-refractivity contribution in [1.29, 1.82) is 0 Å². The van der Waals surface area contributed by atoms with Gasteiger partial charge in [0.25, 0.3) is 0 Å². The zero-order chi connectivity index (χ0) is 22.6. The SMILES string of the molecule is CCOC(=O)c1c(NC(=O)CCS(=O)(=O)c2ccccc2)sc2c1CCN(C(C)=O)C2. The van der Waals surface area contributed by atoms with Gasteiger partial charge >= 0.3 is 5.97 Å². The second-order valence-corrected chi connectivity index (χ2v) is 10.3. The molecule has 0 spiro atoms. The normalized spacial score (nSPS) is 13.4. The average molecular weight is 465 g/mol. The van der Waals surface area contributed by atoms with E-state index in [1.165, 1.54) is 30.4 Å². The maximum Gasteiger partial charge on any atom is 0.341 e. The van der Waals surface area contributed by atoms with Crippen LogP contribution in [0.3, 0.4) is 0 Å². The molecule has 1 aromatic carbocycles. The summed E-state index contributed by atoms with van der Waals surface area (Å²) in [6.45, 7) is 4.21. The van der Waals surface area contributed by atoms with E-state index in [-0.39, 0.29) is 29.6 Å². The number of thiophene rings is 1. The number of amides is 2. The molecule has 0 atom stereocenters. The number of fused-ring (bicyclic) bond motifs is 1. The van der Waals surface area contributed by atoms with Crippen molar-refractivity contribution in [2.45, 2.75) is 38.1 Å². The predicted molar refractivity (Wildman–Crippen MR) is 117 cm³/mol. The molecule has 0 bridgehead atoms. The Labute approximate surface area is 185 Å². The standard InChI is InChI=1S/C21H24N2O6S2/c1-3-29-21(26)19-16-9-11-23(14(2)24)13-17(16)30-20(19)22-18(25)10-12-31(27,28)15-7-5-4-6-8-15/h4-8H,3,9-13H2,1-2H3,(H,22,25). The zero-order valence-corrected chi connectivity index (χ0v) is 19.0. The van der Waals surface area contributed by atoms with Gasteiger partial charge in [0.2, 0.25) is 11.8 Å². The first-order chi connectivity index (χ1) is 14.7. The number of nitrogens with one attached hydrogen (secondary N) is 1. The molecule has 8 nitrogen and oxygen atoms in total. The summed E-state index contributed by atoms with van der Waals surface area (Å²) in [4.78, 5) is 39.4. The largest absolute Gasteiger partial charge is 0.462 e. The molecule has 0 saturated heterocycles. The highest BCUT2D eigenvalue weighted by molar-refractivity contribution is 7.91. The molecule has 0 unspecified atom stereocenters. The lowest BCUT2D eigenvalue weighted by Gasteiger charge is -2.25. The second-order valence-electron chi connectivity index (χ2n) is 7.05. The van der Waals surface area contributed by atoms with Crippen LogP contribution < -0.4 is 5.32 Å². The molecule has 166 valence electrons. The molecule has 0 radical (unpaired) electrons. The summed E-state index contributed by atoms with van der Waals surface area (Å²) in [5.41, 5.74) is 1.07. The minimum absolute atomic E-state index is 0.0616. The van der Waals surface area contributed by atoms with Crippen molar-refractivity contribution in [2.24, 2.45) is 0 Å². The van der Waals surface area contributed by atoms with Crippen LogP contribution in [0.5, 0.6) is 0 Å². The number of ether oxygens (including phenoxy) is 1. The lowest BCUT2D eigenvalue weighted by Crippen LogP contribution is -2.34. The van der Waals surface area contributed by atoms with Gasteiger partial charge in [0.1, 0.15) is 5.00 Å². The second kappa shape index (κ2) is 9.61. The summed E-state index contributed by atoms with van der Waals surface area (Å²) >= 11 is 1.22. The van der Waals surface area contributed by atoms with Crippen molar-refractivity contribution in [2.75, 3.05) is 24.2 Å². The van der Waals surface area contributed by atoms with E-state index in [4.69, 9.17) is 4.74 Å². The third-order valence-electron chi connectivity index (χ3n) is 4.93. The fourth-order valence-corrected chi connectivity index (χ4v) is 5.87. The van der Waals surface area contributed by atoms with E-state index in [1.807, 2.05) is 0 Å². The van der Waals surface area contributed by atoms with Crippen molar-refractivity contribution in [3.05, 3.63) is 46.3 Å². The summed E-state index contributed by atoms with van der Waals surface area (Å²) in [5, 5.41) is 3.02. The van der Waals surface area contributed by atoms with Crippen LogP contribution in [0.4, 0.5) is 5.00 Å². The minimum atomic E-state index is -3.60. The topological polar surface area (TPSA) is 110 Å². The predicted octanol–water partition coefficient (Wildman–Crippen LogP) is 2.63. The lowest BCUT2D eigenvalue weighted by molar-refractivity contribution is -0.129. The fourth-order valence-electron chi connectivity index (χ4n) is 3.34. The molecule has 1 aliphatic rings. The minimum Gasteiger partial charge on any atom is -0.462 e. The van der Waals surface area contributed by atoms with Gasteiger partial charge in [-0.2, -0.15) is 0 Å².